The number of hydrogen-bond acceptors (Lipinski definition) is 5. The highest BCUT2D eigenvalue weighted by Gasteiger charge is 2.30. The van der Waals surface area contributed by atoms with Gasteiger partial charge in [-0.3, -0.25) is 4.79 Å². The molecule has 0 radical (unpaired) electrons. The Hall–Kier alpha value is -2.08. The Labute approximate surface area is 153 Å². The van der Waals surface area contributed by atoms with Crippen molar-refractivity contribution in [3.63, 3.8) is 0 Å². The first-order chi connectivity index (χ1) is 11.8. The van der Waals surface area contributed by atoms with Crippen LogP contribution in [0, 0.1) is 13.8 Å². The fourth-order valence-electron chi connectivity index (χ4n) is 2.42. The number of carbonyl (C=O) groups is 1. The first-order valence-corrected chi connectivity index (χ1v) is 9.25. The summed E-state index contributed by atoms with van der Waals surface area (Å²) in [5.74, 6) is 0.731. The number of nitrogens with one attached hydrogen (secondary N) is 2. The molecule has 0 saturated heterocycles. The van der Waals surface area contributed by atoms with Crippen LogP contribution in [0.2, 0.25) is 0 Å². The third-order valence-electron chi connectivity index (χ3n) is 4.17. The van der Waals surface area contributed by atoms with E-state index in [1.165, 1.54) is 4.88 Å². The highest BCUT2D eigenvalue weighted by atomic mass is 32.1. The van der Waals surface area contributed by atoms with E-state index in [0.717, 1.165) is 28.6 Å². The van der Waals surface area contributed by atoms with Gasteiger partial charge in [0.2, 0.25) is 5.91 Å². The summed E-state index contributed by atoms with van der Waals surface area (Å²) >= 11 is 1.65. The number of nitrogens with zero attached hydrogens (tertiary/aromatic N) is 1. The van der Waals surface area contributed by atoms with Gasteiger partial charge in [-0.2, -0.15) is 0 Å². The summed E-state index contributed by atoms with van der Waals surface area (Å²) in [6.07, 6.45) is 0.802. The summed E-state index contributed by atoms with van der Waals surface area (Å²) in [5, 5.41) is 7.37. The number of benzene rings is 1. The van der Waals surface area contributed by atoms with Crippen molar-refractivity contribution in [2.75, 3.05) is 12.4 Å². The minimum absolute atomic E-state index is 0.0549. The van der Waals surface area contributed by atoms with Crippen LogP contribution in [0.3, 0.4) is 0 Å². The Morgan fingerprint density at radius 3 is 2.40 bits per heavy atom. The third kappa shape index (κ3) is 4.72. The summed E-state index contributed by atoms with van der Waals surface area (Å²) in [6.45, 7) is 9.86. The summed E-state index contributed by atoms with van der Waals surface area (Å²) in [5.41, 5.74) is 1.15. The van der Waals surface area contributed by atoms with Crippen molar-refractivity contribution in [3.05, 3.63) is 39.8 Å². The normalized spacial score (nSPS) is 12.6. The Kier molecular flexibility index (Phi) is 6.06. The average molecular weight is 362 g/mol. The molecule has 1 aromatic heterocycles. The van der Waals surface area contributed by atoms with Crippen molar-refractivity contribution in [3.8, 4) is 5.75 Å². The molecule has 0 unspecified atom stereocenters. The van der Waals surface area contributed by atoms with Gasteiger partial charge < -0.3 is 15.4 Å². The lowest BCUT2D eigenvalue weighted by Gasteiger charge is -2.28. The number of rotatable bonds is 7. The van der Waals surface area contributed by atoms with E-state index < -0.39 is 5.54 Å². The molecule has 0 aliphatic heterocycles. The third-order valence-corrected chi connectivity index (χ3v) is 5.36. The minimum atomic E-state index is -0.747. The molecule has 1 atom stereocenters. The first-order valence-electron chi connectivity index (χ1n) is 8.44. The average Bonchev–Trinajstić information content (AvgIpc) is 2.91. The van der Waals surface area contributed by atoms with Gasteiger partial charge in [0.1, 0.15) is 16.3 Å². The van der Waals surface area contributed by atoms with Gasteiger partial charge in [0.15, 0.2) is 0 Å². The van der Waals surface area contributed by atoms with Crippen LogP contribution in [0.4, 0.5) is 5.69 Å². The first kappa shape index (κ1) is 19.2. The lowest BCUT2D eigenvalue weighted by molar-refractivity contribution is -0.125. The molecule has 0 saturated carbocycles. The lowest BCUT2D eigenvalue weighted by Crippen LogP contribution is -2.48. The van der Waals surface area contributed by atoms with Crippen molar-refractivity contribution >= 4 is 22.9 Å². The van der Waals surface area contributed by atoms with Gasteiger partial charge in [-0.05, 0) is 58.4 Å². The standard InChI is InChI=1S/C19H27N3O2S/c1-7-16(17-20-12(2)13(3)25-17)21-18(23)19(4,5)22-14-8-10-15(24-6)11-9-14/h8-11,16,22H,7H2,1-6H3,(H,21,23)/t16-/m0/s1. The van der Waals surface area contributed by atoms with E-state index >= 15 is 0 Å². The van der Waals surface area contributed by atoms with Crippen molar-refractivity contribution in [2.45, 2.75) is 52.6 Å². The molecule has 2 N–H and O–H groups in total. The van der Waals surface area contributed by atoms with Gasteiger partial charge >= 0.3 is 0 Å². The zero-order valence-electron chi connectivity index (χ0n) is 15.8. The fraction of sp³-hybridized carbons (Fsp3) is 0.474. The number of ether oxygens (including phenoxy) is 1. The number of anilines is 1. The number of hydrogen-bond donors (Lipinski definition) is 2. The molecule has 1 heterocycles. The highest BCUT2D eigenvalue weighted by Crippen LogP contribution is 2.26. The maximum atomic E-state index is 12.8. The van der Waals surface area contributed by atoms with Crippen LogP contribution in [0.1, 0.15) is 48.8 Å². The largest absolute Gasteiger partial charge is 0.497 e. The van der Waals surface area contributed by atoms with Crippen LogP contribution in [-0.4, -0.2) is 23.5 Å². The van der Waals surface area contributed by atoms with E-state index in [9.17, 15) is 4.79 Å². The molecular weight excluding hydrogens is 334 g/mol. The molecule has 2 aromatic rings. The summed E-state index contributed by atoms with van der Waals surface area (Å²) in [7, 11) is 1.63. The topological polar surface area (TPSA) is 63.2 Å². The van der Waals surface area contributed by atoms with Crippen LogP contribution >= 0.6 is 11.3 Å². The number of aryl methyl sites for hydroxylation is 2. The molecule has 2 rings (SSSR count). The second kappa shape index (κ2) is 7.87. The molecule has 5 nitrogen and oxygen atoms in total. The van der Waals surface area contributed by atoms with Crippen LogP contribution < -0.4 is 15.4 Å². The van der Waals surface area contributed by atoms with Gasteiger partial charge in [0.05, 0.1) is 18.8 Å². The molecule has 0 spiro atoms. The van der Waals surface area contributed by atoms with E-state index in [1.54, 1.807) is 18.4 Å². The molecule has 136 valence electrons. The number of amides is 1. The highest BCUT2D eigenvalue weighted by molar-refractivity contribution is 7.11. The predicted octanol–water partition coefficient (Wildman–Crippen LogP) is 4.23. The van der Waals surface area contributed by atoms with Crippen LogP contribution in [0.25, 0.3) is 0 Å². The molecular formula is C19H27N3O2S. The summed E-state index contributed by atoms with van der Waals surface area (Å²) in [6, 6.07) is 7.47. The number of aromatic nitrogens is 1. The number of thiazole rings is 1. The Morgan fingerprint density at radius 1 is 1.28 bits per heavy atom. The van der Waals surface area contributed by atoms with Crippen molar-refractivity contribution in [2.24, 2.45) is 0 Å². The van der Waals surface area contributed by atoms with Gasteiger partial charge in [0.25, 0.3) is 0 Å². The predicted molar refractivity (Wildman–Crippen MR) is 103 cm³/mol. The van der Waals surface area contributed by atoms with E-state index in [2.05, 4.69) is 29.5 Å². The Bertz CT molecular complexity index is 703. The Balaban J connectivity index is 2.07. The van der Waals surface area contributed by atoms with Crippen LogP contribution in [-0.2, 0) is 4.79 Å². The molecule has 25 heavy (non-hydrogen) atoms. The van der Waals surface area contributed by atoms with Gasteiger partial charge in [-0.1, -0.05) is 6.92 Å². The maximum absolute atomic E-state index is 12.8. The van der Waals surface area contributed by atoms with E-state index in [1.807, 2.05) is 45.0 Å². The van der Waals surface area contributed by atoms with E-state index in [-0.39, 0.29) is 11.9 Å². The van der Waals surface area contributed by atoms with E-state index in [0.29, 0.717) is 0 Å². The lowest BCUT2D eigenvalue weighted by atomic mass is 10.0. The molecule has 6 heteroatoms. The Morgan fingerprint density at radius 2 is 1.92 bits per heavy atom. The van der Waals surface area contributed by atoms with Crippen molar-refractivity contribution in [1.29, 1.82) is 0 Å². The van der Waals surface area contributed by atoms with Crippen molar-refractivity contribution in [1.82, 2.24) is 10.3 Å². The number of methoxy groups -OCH3 is 1. The molecule has 0 aliphatic carbocycles. The van der Waals surface area contributed by atoms with E-state index in [4.69, 9.17) is 4.74 Å². The number of carbonyl (C=O) groups excluding carboxylic acids is 1. The monoisotopic (exact) mass is 361 g/mol. The molecule has 0 fully saturated rings. The van der Waals surface area contributed by atoms with Gasteiger partial charge in [-0.25, -0.2) is 4.98 Å². The van der Waals surface area contributed by atoms with Crippen LogP contribution in [0.15, 0.2) is 24.3 Å². The fourth-order valence-corrected chi connectivity index (χ4v) is 3.47. The van der Waals surface area contributed by atoms with Gasteiger partial charge in [0, 0.05) is 10.6 Å². The zero-order chi connectivity index (χ0) is 18.6. The molecule has 1 amide bonds. The SMILES string of the molecule is CC[C@H](NC(=O)C(C)(C)Nc1ccc(OC)cc1)c1nc(C)c(C)s1. The quantitative estimate of drug-likeness (QED) is 0.775. The summed E-state index contributed by atoms with van der Waals surface area (Å²) in [4.78, 5) is 18.6. The van der Waals surface area contributed by atoms with Crippen molar-refractivity contribution < 1.29 is 9.53 Å². The minimum Gasteiger partial charge on any atom is -0.497 e. The van der Waals surface area contributed by atoms with Crippen LogP contribution in [0.5, 0.6) is 5.75 Å². The smallest absolute Gasteiger partial charge is 0.245 e. The second-order valence-corrected chi connectivity index (χ2v) is 7.84. The summed E-state index contributed by atoms with van der Waals surface area (Å²) < 4.78 is 5.16. The maximum Gasteiger partial charge on any atom is 0.245 e. The molecule has 0 bridgehead atoms. The second-order valence-electron chi connectivity index (χ2n) is 6.61. The van der Waals surface area contributed by atoms with Gasteiger partial charge in [-0.15, -0.1) is 11.3 Å². The molecule has 0 aliphatic rings. The molecule has 1 aromatic carbocycles. The zero-order valence-corrected chi connectivity index (χ0v) is 16.6.